The van der Waals surface area contributed by atoms with Gasteiger partial charge in [-0.2, -0.15) is 0 Å². The molecule has 6 nitrogen and oxygen atoms in total. The number of nitrogens with zero attached hydrogens (tertiary/aromatic N) is 3. The van der Waals surface area contributed by atoms with Crippen LogP contribution < -0.4 is 10.6 Å². The number of rotatable bonds is 6. The molecule has 6 heteroatoms. The first-order chi connectivity index (χ1) is 12.8. The molecule has 0 spiro atoms. The second kappa shape index (κ2) is 9.29. The highest BCUT2D eigenvalue weighted by Crippen LogP contribution is 2.17. The van der Waals surface area contributed by atoms with Crippen LogP contribution in [0.3, 0.4) is 0 Å². The van der Waals surface area contributed by atoms with Gasteiger partial charge in [-0.1, -0.05) is 37.1 Å². The van der Waals surface area contributed by atoms with Crippen LogP contribution >= 0.6 is 0 Å². The van der Waals surface area contributed by atoms with E-state index in [4.69, 9.17) is 0 Å². The molecule has 1 aliphatic rings. The first kappa shape index (κ1) is 18.3. The van der Waals surface area contributed by atoms with E-state index in [1.807, 2.05) is 0 Å². The minimum absolute atomic E-state index is 0.230. The molecule has 1 saturated heterocycles. The zero-order valence-electron chi connectivity index (χ0n) is 15.4. The van der Waals surface area contributed by atoms with E-state index in [2.05, 4.69) is 50.0 Å². The number of amides is 1. The van der Waals surface area contributed by atoms with Crippen LogP contribution in [0, 0.1) is 0 Å². The first-order valence-corrected chi connectivity index (χ1v) is 9.35. The van der Waals surface area contributed by atoms with E-state index in [9.17, 15) is 4.79 Å². The average molecular weight is 353 g/mol. The van der Waals surface area contributed by atoms with Crippen molar-refractivity contribution in [2.75, 3.05) is 25.5 Å². The highest BCUT2D eigenvalue weighted by Gasteiger charge is 2.12. The molecule has 0 bridgehead atoms. The van der Waals surface area contributed by atoms with Crippen LogP contribution in [0.15, 0.2) is 36.4 Å². The molecule has 2 aromatic rings. The van der Waals surface area contributed by atoms with Gasteiger partial charge in [0.25, 0.3) is 5.91 Å². The Morgan fingerprint density at radius 2 is 1.73 bits per heavy atom. The van der Waals surface area contributed by atoms with Gasteiger partial charge >= 0.3 is 0 Å². The van der Waals surface area contributed by atoms with E-state index < -0.39 is 0 Å². The molecule has 26 heavy (non-hydrogen) atoms. The molecule has 0 saturated carbocycles. The lowest BCUT2D eigenvalue weighted by Crippen LogP contribution is -2.24. The second-order valence-corrected chi connectivity index (χ2v) is 6.70. The molecule has 2 heterocycles. The predicted molar refractivity (Wildman–Crippen MR) is 103 cm³/mol. The molecule has 1 aliphatic heterocycles. The maximum absolute atomic E-state index is 11.5. The van der Waals surface area contributed by atoms with Gasteiger partial charge in [0, 0.05) is 20.1 Å². The van der Waals surface area contributed by atoms with Gasteiger partial charge in [0.05, 0.1) is 0 Å². The highest BCUT2D eigenvalue weighted by molar-refractivity contribution is 5.91. The van der Waals surface area contributed by atoms with Crippen LogP contribution in [-0.4, -0.2) is 41.1 Å². The molecule has 1 amide bonds. The summed E-state index contributed by atoms with van der Waals surface area (Å²) in [6.45, 7) is 4.07. The lowest BCUT2D eigenvalue weighted by molar-refractivity contribution is 0.0957. The van der Waals surface area contributed by atoms with Crippen molar-refractivity contribution in [2.45, 2.75) is 38.8 Å². The summed E-state index contributed by atoms with van der Waals surface area (Å²) in [5.41, 5.74) is 2.95. The van der Waals surface area contributed by atoms with E-state index >= 15 is 0 Å². The van der Waals surface area contributed by atoms with Crippen LogP contribution in [0.1, 0.15) is 47.3 Å². The lowest BCUT2D eigenvalue weighted by atomic mass is 10.1. The van der Waals surface area contributed by atoms with Gasteiger partial charge in [-0.05, 0) is 49.2 Å². The standard InChI is InChI=1S/C20H27N5O/c1-21-20(26)18-10-11-19(24-23-18)22-14-16-8-4-5-9-17(16)15-25-12-6-2-3-7-13-25/h4-5,8-11H,2-3,6-7,12-15H2,1H3,(H,21,26)(H,22,24). The fraction of sp³-hybridized carbons (Fsp3) is 0.450. The van der Waals surface area contributed by atoms with E-state index in [-0.39, 0.29) is 5.91 Å². The van der Waals surface area contributed by atoms with Crippen molar-refractivity contribution in [1.82, 2.24) is 20.4 Å². The average Bonchev–Trinajstić information content (AvgIpc) is 2.96. The summed E-state index contributed by atoms with van der Waals surface area (Å²) in [5, 5.41) is 13.9. The van der Waals surface area contributed by atoms with Crippen LogP contribution in [0.25, 0.3) is 0 Å². The molecule has 1 aromatic carbocycles. The normalized spacial score (nSPS) is 15.3. The third kappa shape index (κ3) is 5.02. The number of hydrogen-bond donors (Lipinski definition) is 2. The number of aromatic nitrogens is 2. The molecule has 138 valence electrons. The summed E-state index contributed by atoms with van der Waals surface area (Å²) in [5.74, 6) is 0.439. The van der Waals surface area contributed by atoms with E-state index in [0.29, 0.717) is 18.1 Å². The monoisotopic (exact) mass is 353 g/mol. The molecule has 0 atom stereocenters. The van der Waals surface area contributed by atoms with Crippen molar-refractivity contribution in [1.29, 1.82) is 0 Å². The van der Waals surface area contributed by atoms with Gasteiger partial charge in [0.15, 0.2) is 5.69 Å². The summed E-state index contributed by atoms with van der Waals surface area (Å²) >= 11 is 0. The Morgan fingerprint density at radius 3 is 2.38 bits per heavy atom. The van der Waals surface area contributed by atoms with Crippen LogP contribution in [0.4, 0.5) is 5.82 Å². The number of carbonyl (C=O) groups is 1. The summed E-state index contributed by atoms with van der Waals surface area (Å²) in [4.78, 5) is 14.1. The van der Waals surface area contributed by atoms with Crippen molar-refractivity contribution in [3.05, 3.63) is 53.2 Å². The van der Waals surface area contributed by atoms with Crippen LogP contribution in [0.2, 0.25) is 0 Å². The summed E-state index contributed by atoms with van der Waals surface area (Å²) in [6.07, 6.45) is 5.30. The molecule has 1 fully saturated rings. The van der Waals surface area contributed by atoms with Crippen molar-refractivity contribution in [2.24, 2.45) is 0 Å². The van der Waals surface area contributed by atoms with Crippen molar-refractivity contribution >= 4 is 11.7 Å². The van der Waals surface area contributed by atoms with Crippen molar-refractivity contribution in [3.63, 3.8) is 0 Å². The minimum atomic E-state index is -0.230. The second-order valence-electron chi connectivity index (χ2n) is 6.70. The Bertz CT molecular complexity index is 708. The number of carbonyl (C=O) groups excluding carboxylic acids is 1. The smallest absolute Gasteiger partial charge is 0.271 e. The fourth-order valence-corrected chi connectivity index (χ4v) is 3.28. The van der Waals surface area contributed by atoms with Crippen LogP contribution in [0.5, 0.6) is 0 Å². The Kier molecular flexibility index (Phi) is 6.55. The third-order valence-corrected chi connectivity index (χ3v) is 4.80. The van der Waals surface area contributed by atoms with Crippen LogP contribution in [-0.2, 0) is 13.1 Å². The number of nitrogens with one attached hydrogen (secondary N) is 2. The first-order valence-electron chi connectivity index (χ1n) is 9.35. The Balaban J connectivity index is 1.62. The quantitative estimate of drug-likeness (QED) is 0.836. The molecule has 0 unspecified atom stereocenters. The lowest BCUT2D eigenvalue weighted by Gasteiger charge is -2.21. The number of anilines is 1. The van der Waals surface area contributed by atoms with Crippen molar-refractivity contribution < 1.29 is 4.79 Å². The van der Waals surface area contributed by atoms with Gasteiger partial charge in [-0.15, -0.1) is 10.2 Å². The predicted octanol–water partition coefficient (Wildman–Crippen LogP) is 2.82. The van der Waals surface area contributed by atoms with E-state index in [1.165, 1.54) is 49.9 Å². The van der Waals surface area contributed by atoms with Gasteiger partial charge < -0.3 is 10.6 Å². The molecular formula is C20H27N5O. The maximum Gasteiger partial charge on any atom is 0.271 e. The molecule has 1 aromatic heterocycles. The summed E-state index contributed by atoms with van der Waals surface area (Å²) in [7, 11) is 1.58. The molecule has 0 radical (unpaired) electrons. The minimum Gasteiger partial charge on any atom is -0.364 e. The molecule has 2 N–H and O–H groups in total. The molecule has 3 rings (SSSR count). The summed E-state index contributed by atoms with van der Waals surface area (Å²) in [6, 6.07) is 12.0. The largest absolute Gasteiger partial charge is 0.364 e. The Morgan fingerprint density at radius 1 is 1.00 bits per heavy atom. The van der Waals surface area contributed by atoms with Gasteiger partial charge in [0.2, 0.25) is 0 Å². The SMILES string of the molecule is CNC(=O)c1ccc(NCc2ccccc2CN2CCCCCC2)nn1. The summed E-state index contributed by atoms with van der Waals surface area (Å²) < 4.78 is 0. The Labute approximate surface area is 155 Å². The zero-order valence-corrected chi connectivity index (χ0v) is 15.4. The molecular weight excluding hydrogens is 326 g/mol. The van der Waals surface area contributed by atoms with Gasteiger partial charge in [0.1, 0.15) is 5.82 Å². The number of hydrogen-bond acceptors (Lipinski definition) is 5. The Hall–Kier alpha value is -2.47. The maximum atomic E-state index is 11.5. The fourth-order valence-electron chi connectivity index (χ4n) is 3.28. The topological polar surface area (TPSA) is 70.2 Å². The van der Waals surface area contributed by atoms with E-state index in [0.717, 1.165) is 6.54 Å². The number of benzene rings is 1. The van der Waals surface area contributed by atoms with Gasteiger partial charge in [-0.25, -0.2) is 0 Å². The van der Waals surface area contributed by atoms with Crippen molar-refractivity contribution in [3.8, 4) is 0 Å². The third-order valence-electron chi connectivity index (χ3n) is 4.80. The zero-order chi connectivity index (χ0) is 18.2. The highest BCUT2D eigenvalue weighted by atomic mass is 16.1. The van der Waals surface area contributed by atoms with E-state index in [1.54, 1.807) is 19.2 Å². The van der Waals surface area contributed by atoms with Gasteiger partial charge in [-0.3, -0.25) is 9.69 Å². The number of likely N-dealkylation sites (tertiary alicyclic amines) is 1. The molecule has 0 aliphatic carbocycles.